The third-order valence-electron chi connectivity index (χ3n) is 4.42. The second-order valence-electron chi connectivity index (χ2n) is 5.99. The molecule has 8 nitrogen and oxygen atoms in total. The van der Waals surface area contributed by atoms with Gasteiger partial charge >= 0.3 is 5.97 Å². The van der Waals surface area contributed by atoms with Crippen molar-refractivity contribution in [1.82, 2.24) is 4.31 Å². The molecule has 0 saturated carbocycles. The first-order valence-corrected chi connectivity index (χ1v) is 9.88. The third kappa shape index (κ3) is 2.74. The minimum absolute atomic E-state index is 0.0240. The fourth-order valence-electron chi connectivity index (χ4n) is 3.07. The Kier molecular flexibility index (Phi) is 4.35. The van der Waals surface area contributed by atoms with Crippen LogP contribution in [0.1, 0.15) is 11.1 Å². The quantitative estimate of drug-likeness (QED) is 0.757. The number of nitrogens with zero attached hydrogens (tertiary/aromatic N) is 1. The second kappa shape index (κ2) is 6.61. The molecule has 0 atom stereocenters. The van der Waals surface area contributed by atoms with Crippen molar-refractivity contribution in [3.63, 3.8) is 0 Å². The van der Waals surface area contributed by atoms with Crippen molar-refractivity contribution in [1.29, 1.82) is 0 Å². The fourth-order valence-corrected chi connectivity index (χ4v) is 4.92. The number of aliphatic hydroxyl groups is 1. The van der Waals surface area contributed by atoms with Gasteiger partial charge in [-0.05, 0) is 23.8 Å². The zero-order chi connectivity index (χ0) is 20.1. The smallest absolute Gasteiger partial charge is 0.359 e. The number of rotatable bonds is 3. The Morgan fingerprint density at radius 1 is 1.25 bits per heavy atom. The molecule has 4 rings (SSSR count). The minimum atomic E-state index is -4.17. The van der Waals surface area contributed by atoms with Crippen molar-refractivity contribution in [3.8, 4) is 11.5 Å². The molecule has 2 aliphatic rings. The average Bonchev–Trinajstić information content (AvgIpc) is 3.13. The van der Waals surface area contributed by atoms with Crippen molar-refractivity contribution >= 4 is 33.4 Å². The summed E-state index contributed by atoms with van der Waals surface area (Å²) >= 11 is 6.27. The van der Waals surface area contributed by atoms with E-state index in [1.165, 1.54) is 30.3 Å². The van der Waals surface area contributed by atoms with Crippen molar-refractivity contribution in [2.45, 2.75) is 11.4 Å². The number of carbonyl (C=O) groups is 1. The van der Waals surface area contributed by atoms with Gasteiger partial charge in [0, 0.05) is 16.7 Å². The SMILES string of the molecule is COC(=O)C1=C(O)c2ccccc2S(=O)(=O)N1Cc1cc2c(cc1Cl)OCO2. The molecule has 0 aromatic heterocycles. The highest BCUT2D eigenvalue weighted by Crippen LogP contribution is 2.41. The van der Waals surface area contributed by atoms with Crippen LogP contribution >= 0.6 is 11.6 Å². The molecule has 0 aliphatic carbocycles. The average molecular weight is 424 g/mol. The van der Waals surface area contributed by atoms with Gasteiger partial charge in [-0.3, -0.25) is 4.31 Å². The Bertz CT molecular complexity index is 1130. The molecule has 0 unspecified atom stereocenters. The van der Waals surface area contributed by atoms with Gasteiger partial charge in [-0.1, -0.05) is 23.7 Å². The molecule has 1 N–H and O–H groups in total. The predicted octanol–water partition coefficient (Wildman–Crippen LogP) is 2.67. The van der Waals surface area contributed by atoms with Crippen LogP contribution in [0.25, 0.3) is 5.76 Å². The van der Waals surface area contributed by atoms with Gasteiger partial charge in [0.05, 0.1) is 18.6 Å². The molecule has 0 radical (unpaired) electrons. The molecule has 0 saturated heterocycles. The molecule has 0 fully saturated rings. The number of esters is 1. The summed E-state index contributed by atoms with van der Waals surface area (Å²) in [4.78, 5) is 12.2. The number of benzene rings is 2. The third-order valence-corrected chi connectivity index (χ3v) is 6.57. The summed E-state index contributed by atoms with van der Waals surface area (Å²) in [6, 6.07) is 8.89. The predicted molar refractivity (Wildman–Crippen MR) is 98.3 cm³/mol. The van der Waals surface area contributed by atoms with E-state index in [1.807, 2.05) is 0 Å². The van der Waals surface area contributed by atoms with Crippen LogP contribution < -0.4 is 9.47 Å². The van der Waals surface area contributed by atoms with Crippen LogP contribution in [0.4, 0.5) is 0 Å². The summed E-state index contributed by atoms with van der Waals surface area (Å²) < 4.78 is 42.4. The highest BCUT2D eigenvalue weighted by molar-refractivity contribution is 7.89. The summed E-state index contributed by atoms with van der Waals surface area (Å²) in [5, 5.41) is 10.8. The van der Waals surface area contributed by atoms with Crippen molar-refractivity contribution in [2.24, 2.45) is 0 Å². The lowest BCUT2D eigenvalue weighted by Gasteiger charge is -2.31. The molecule has 0 bridgehead atoms. The van der Waals surface area contributed by atoms with Crippen molar-refractivity contribution in [2.75, 3.05) is 13.9 Å². The van der Waals surface area contributed by atoms with Crippen LogP contribution in [0.15, 0.2) is 47.0 Å². The van der Waals surface area contributed by atoms with Gasteiger partial charge in [0.1, 0.15) is 0 Å². The first-order valence-electron chi connectivity index (χ1n) is 8.06. The van der Waals surface area contributed by atoms with E-state index in [0.717, 1.165) is 11.4 Å². The zero-order valence-electron chi connectivity index (χ0n) is 14.5. The topological polar surface area (TPSA) is 102 Å². The second-order valence-corrected chi connectivity index (χ2v) is 8.23. The lowest BCUT2D eigenvalue weighted by molar-refractivity contribution is -0.137. The van der Waals surface area contributed by atoms with E-state index in [2.05, 4.69) is 0 Å². The Hall–Kier alpha value is -2.91. The number of halogens is 1. The molecule has 10 heteroatoms. The Morgan fingerprint density at radius 3 is 2.64 bits per heavy atom. The number of carbonyl (C=O) groups excluding carboxylic acids is 1. The highest BCUT2D eigenvalue weighted by atomic mass is 35.5. The van der Waals surface area contributed by atoms with Crippen LogP contribution in [0, 0.1) is 0 Å². The zero-order valence-corrected chi connectivity index (χ0v) is 16.1. The highest BCUT2D eigenvalue weighted by Gasteiger charge is 2.41. The maximum Gasteiger partial charge on any atom is 0.359 e. The minimum Gasteiger partial charge on any atom is -0.505 e. The van der Waals surface area contributed by atoms with E-state index in [9.17, 15) is 18.3 Å². The number of aliphatic hydroxyl groups excluding tert-OH is 1. The summed E-state index contributed by atoms with van der Waals surface area (Å²) in [5.41, 5.74) is -0.103. The Morgan fingerprint density at radius 2 is 1.93 bits per heavy atom. The number of fused-ring (bicyclic) bond motifs is 2. The van der Waals surface area contributed by atoms with Gasteiger partial charge in [0.15, 0.2) is 23.0 Å². The van der Waals surface area contributed by atoms with Gasteiger partial charge in [-0.2, -0.15) is 0 Å². The lowest BCUT2D eigenvalue weighted by Crippen LogP contribution is -2.38. The molecule has 2 aromatic carbocycles. The number of methoxy groups -OCH3 is 1. The fraction of sp³-hybridized carbons (Fsp3) is 0.167. The largest absolute Gasteiger partial charge is 0.505 e. The Labute approximate surface area is 165 Å². The van der Waals surface area contributed by atoms with E-state index in [0.29, 0.717) is 17.1 Å². The van der Waals surface area contributed by atoms with Crippen LogP contribution in [-0.2, 0) is 26.1 Å². The van der Waals surface area contributed by atoms with Gasteiger partial charge in [0.2, 0.25) is 6.79 Å². The molecule has 0 amide bonds. The number of ether oxygens (including phenoxy) is 3. The van der Waals surface area contributed by atoms with Gasteiger partial charge < -0.3 is 19.3 Å². The maximum atomic E-state index is 13.2. The molecule has 2 aliphatic heterocycles. The maximum absolute atomic E-state index is 13.2. The number of hydrogen-bond donors (Lipinski definition) is 1. The molecule has 28 heavy (non-hydrogen) atoms. The van der Waals surface area contributed by atoms with Gasteiger partial charge in [0.25, 0.3) is 10.0 Å². The van der Waals surface area contributed by atoms with Crippen LogP contribution in [-0.4, -0.2) is 37.7 Å². The number of hydrogen-bond acceptors (Lipinski definition) is 7. The van der Waals surface area contributed by atoms with Gasteiger partial charge in [-0.15, -0.1) is 0 Å². The van der Waals surface area contributed by atoms with E-state index >= 15 is 0 Å². The molecular weight excluding hydrogens is 410 g/mol. The summed E-state index contributed by atoms with van der Waals surface area (Å²) in [7, 11) is -3.07. The van der Waals surface area contributed by atoms with E-state index < -0.39 is 27.4 Å². The summed E-state index contributed by atoms with van der Waals surface area (Å²) in [6.07, 6.45) is 0. The molecule has 0 spiro atoms. The lowest BCUT2D eigenvalue weighted by atomic mass is 10.1. The normalized spacial score (nSPS) is 16.7. The van der Waals surface area contributed by atoms with Crippen molar-refractivity contribution < 1.29 is 32.5 Å². The van der Waals surface area contributed by atoms with Crippen molar-refractivity contribution in [3.05, 3.63) is 58.2 Å². The van der Waals surface area contributed by atoms with Crippen LogP contribution in [0.5, 0.6) is 11.5 Å². The van der Waals surface area contributed by atoms with E-state index in [4.69, 9.17) is 25.8 Å². The molecular formula is C18H14ClNO7S. The monoisotopic (exact) mass is 423 g/mol. The first kappa shape index (κ1) is 18.5. The first-order chi connectivity index (χ1) is 13.3. The summed E-state index contributed by atoms with van der Waals surface area (Å²) in [5.74, 6) is -0.643. The van der Waals surface area contributed by atoms with E-state index in [1.54, 1.807) is 6.07 Å². The Balaban J connectivity index is 1.88. The standard InChI is InChI=1S/C18H14ClNO7S/c1-25-18(22)16-17(21)11-4-2-3-5-15(11)28(23,24)20(16)8-10-6-13-14(7-12(10)19)27-9-26-13/h2-7,21H,8-9H2,1H3. The molecule has 146 valence electrons. The van der Waals surface area contributed by atoms with Crippen LogP contribution in [0.3, 0.4) is 0 Å². The van der Waals surface area contributed by atoms with Gasteiger partial charge in [-0.25, -0.2) is 13.2 Å². The van der Waals surface area contributed by atoms with E-state index in [-0.39, 0.29) is 28.8 Å². The molecule has 2 heterocycles. The van der Waals surface area contributed by atoms with Crippen LogP contribution in [0.2, 0.25) is 5.02 Å². The number of sulfonamides is 1. The molecule has 2 aromatic rings. The summed E-state index contributed by atoms with van der Waals surface area (Å²) in [6.45, 7) is -0.292.